The summed E-state index contributed by atoms with van der Waals surface area (Å²) in [6.45, 7) is 0. The van der Waals surface area contributed by atoms with Crippen LogP contribution in [0.2, 0.25) is 0 Å². The second-order valence-corrected chi connectivity index (χ2v) is 7.37. The maximum atomic E-state index is 12.4. The van der Waals surface area contributed by atoms with E-state index in [4.69, 9.17) is 0 Å². The Kier molecular flexibility index (Phi) is 4.02. The molecule has 4 rings (SSSR count). The highest BCUT2D eigenvalue weighted by atomic mass is 16.3. The Hall–Kier alpha value is -1.55. The third kappa shape index (κ3) is 2.85. The van der Waals surface area contributed by atoms with E-state index in [1.54, 1.807) is 0 Å². The zero-order valence-corrected chi connectivity index (χ0v) is 13.6. The fourth-order valence-electron chi connectivity index (χ4n) is 4.77. The number of benzene rings is 1. The highest BCUT2D eigenvalue weighted by molar-refractivity contribution is 5.75. The minimum absolute atomic E-state index is 0.0950. The molecule has 1 aromatic carbocycles. The smallest absolute Gasteiger partial charge is 0.315 e. The molecule has 1 saturated carbocycles. The Morgan fingerprint density at radius 2 is 1.96 bits per heavy atom. The number of aliphatic hydroxyl groups excluding tert-OH is 1. The Labute approximate surface area is 137 Å². The van der Waals surface area contributed by atoms with E-state index in [1.807, 2.05) is 0 Å². The van der Waals surface area contributed by atoms with Crippen LogP contribution in [-0.2, 0) is 6.42 Å². The van der Waals surface area contributed by atoms with Crippen LogP contribution in [0.1, 0.15) is 73.6 Å². The van der Waals surface area contributed by atoms with Crippen LogP contribution >= 0.6 is 0 Å². The van der Waals surface area contributed by atoms with Gasteiger partial charge in [0, 0.05) is 0 Å². The number of aryl methyl sites for hydroxylation is 1. The summed E-state index contributed by atoms with van der Waals surface area (Å²) in [7, 11) is 0. The Bertz CT molecular complexity index is 601. The molecule has 0 aliphatic heterocycles. The molecule has 0 spiro atoms. The van der Waals surface area contributed by atoms with E-state index >= 15 is 0 Å². The molecule has 1 fully saturated rings. The highest BCUT2D eigenvalue weighted by Gasteiger charge is 2.35. The van der Waals surface area contributed by atoms with Gasteiger partial charge in [-0.05, 0) is 61.1 Å². The molecule has 3 N–H and O–H groups in total. The molecule has 2 amide bonds. The van der Waals surface area contributed by atoms with Crippen LogP contribution < -0.4 is 10.6 Å². The van der Waals surface area contributed by atoms with Gasteiger partial charge in [-0.3, -0.25) is 0 Å². The van der Waals surface area contributed by atoms with Gasteiger partial charge in [0.1, 0.15) is 0 Å². The molecule has 4 heteroatoms. The van der Waals surface area contributed by atoms with Gasteiger partial charge in [0.25, 0.3) is 0 Å². The molecular weight excluding hydrogens is 288 g/mol. The second kappa shape index (κ2) is 6.16. The van der Waals surface area contributed by atoms with E-state index in [0.29, 0.717) is 5.92 Å². The third-order valence-electron chi connectivity index (χ3n) is 5.88. The molecule has 124 valence electrons. The van der Waals surface area contributed by atoms with Gasteiger partial charge in [0.15, 0.2) is 0 Å². The summed E-state index contributed by atoms with van der Waals surface area (Å²) in [5.41, 5.74) is 4.29. The van der Waals surface area contributed by atoms with Crippen molar-refractivity contribution in [1.29, 1.82) is 0 Å². The van der Waals surface area contributed by atoms with Gasteiger partial charge >= 0.3 is 6.03 Å². The van der Waals surface area contributed by atoms with Crippen molar-refractivity contribution in [3.63, 3.8) is 0 Å². The van der Waals surface area contributed by atoms with Gasteiger partial charge in [0.2, 0.25) is 0 Å². The molecule has 0 radical (unpaired) electrons. The number of carbonyl (C=O) groups excluding carboxylic acids is 1. The maximum Gasteiger partial charge on any atom is 0.315 e. The first-order valence-electron chi connectivity index (χ1n) is 9.09. The van der Waals surface area contributed by atoms with Crippen LogP contribution in [0.5, 0.6) is 0 Å². The fourth-order valence-corrected chi connectivity index (χ4v) is 4.77. The summed E-state index contributed by atoms with van der Waals surface area (Å²) < 4.78 is 0. The molecule has 3 aliphatic rings. The largest absolute Gasteiger partial charge is 0.391 e. The number of aliphatic hydroxyl groups is 1. The summed E-state index contributed by atoms with van der Waals surface area (Å²) in [6, 6.07) is 6.43. The van der Waals surface area contributed by atoms with Gasteiger partial charge in [-0.2, -0.15) is 0 Å². The lowest BCUT2D eigenvalue weighted by Gasteiger charge is -2.29. The fraction of sp³-hybridized carbons (Fsp3) is 0.632. The van der Waals surface area contributed by atoms with Crippen molar-refractivity contribution in [2.45, 2.75) is 75.5 Å². The Morgan fingerprint density at radius 1 is 1.09 bits per heavy atom. The van der Waals surface area contributed by atoms with Gasteiger partial charge < -0.3 is 15.7 Å². The van der Waals surface area contributed by atoms with Crippen LogP contribution in [0.15, 0.2) is 18.2 Å². The first kappa shape index (κ1) is 15.0. The summed E-state index contributed by atoms with van der Waals surface area (Å²) in [5, 5.41) is 16.2. The summed E-state index contributed by atoms with van der Waals surface area (Å²) >= 11 is 0. The topological polar surface area (TPSA) is 61.4 Å². The van der Waals surface area contributed by atoms with E-state index in [-0.39, 0.29) is 18.1 Å². The van der Waals surface area contributed by atoms with Gasteiger partial charge in [0.05, 0.1) is 18.2 Å². The molecule has 4 nitrogen and oxygen atoms in total. The minimum atomic E-state index is -0.396. The molecular formula is C19H26N2O2. The zero-order chi connectivity index (χ0) is 15.8. The van der Waals surface area contributed by atoms with E-state index in [9.17, 15) is 9.90 Å². The molecule has 1 aromatic rings. The lowest BCUT2D eigenvalue weighted by atomic mass is 9.84. The van der Waals surface area contributed by atoms with Crippen molar-refractivity contribution in [2.75, 3.05) is 0 Å². The number of hydrogen-bond donors (Lipinski definition) is 3. The number of amides is 2. The average Bonchev–Trinajstić information content (AvgIpc) is 2.90. The summed E-state index contributed by atoms with van der Waals surface area (Å²) in [6.07, 6.45) is 8.11. The van der Waals surface area contributed by atoms with E-state index in [2.05, 4.69) is 28.8 Å². The predicted molar refractivity (Wildman–Crippen MR) is 89.4 cm³/mol. The molecule has 0 saturated heterocycles. The van der Waals surface area contributed by atoms with E-state index in [1.165, 1.54) is 36.0 Å². The van der Waals surface area contributed by atoms with Crippen molar-refractivity contribution < 1.29 is 9.90 Å². The Balaban J connectivity index is 1.44. The number of nitrogens with one attached hydrogen (secondary N) is 2. The second-order valence-electron chi connectivity index (χ2n) is 7.37. The molecule has 3 aliphatic carbocycles. The number of rotatable bonds is 2. The maximum absolute atomic E-state index is 12.4. The van der Waals surface area contributed by atoms with Crippen LogP contribution in [-0.4, -0.2) is 23.3 Å². The normalized spacial score (nSPS) is 32.2. The number of hydrogen-bond acceptors (Lipinski definition) is 2. The number of urea groups is 1. The third-order valence-corrected chi connectivity index (χ3v) is 5.88. The lowest BCUT2D eigenvalue weighted by molar-refractivity contribution is 0.0940. The van der Waals surface area contributed by atoms with Crippen molar-refractivity contribution in [1.82, 2.24) is 10.6 Å². The van der Waals surface area contributed by atoms with Crippen LogP contribution in [0.25, 0.3) is 0 Å². The minimum Gasteiger partial charge on any atom is -0.391 e. The highest BCUT2D eigenvalue weighted by Crippen LogP contribution is 2.47. The summed E-state index contributed by atoms with van der Waals surface area (Å²) in [5.74, 6) is 0.612. The lowest BCUT2D eigenvalue weighted by Crippen LogP contribution is -2.49. The summed E-state index contributed by atoms with van der Waals surface area (Å²) in [4.78, 5) is 12.4. The van der Waals surface area contributed by atoms with E-state index < -0.39 is 6.10 Å². The van der Waals surface area contributed by atoms with E-state index in [0.717, 1.165) is 32.1 Å². The van der Waals surface area contributed by atoms with Crippen molar-refractivity contribution in [3.8, 4) is 0 Å². The predicted octanol–water partition coefficient (Wildman–Crippen LogP) is 3.15. The van der Waals surface area contributed by atoms with Crippen LogP contribution in [0.4, 0.5) is 4.79 Å². The van der Waals surface area contributed by atoms with Crippen molar-refractivity contribution >= 4 is 6.03 Å². The molecule has 4 atom stereocenters. The van der Waals surface area contributed by atoms with Gasteiger partial charge in [-0.1, -0.05) is 31.0 Å². The zero-order valence-electron chi connectivity index (χ0n) is 13.6. The standard InChI is InChI=1S/C19H26N2O2/c22-17-10-2-1-9-15(17)20-19(23)21-16-11-13-7-3-5-12-6-4-8-14(16)18(12)13/h4,6,8,13,15-17,22H,1-3,5,7,9-11H2,(H2,20,21,23). The van der Waals surface area contributed by atoms with Crippen LogP contribution in [0, 0.1) is 0 Å². The van der Waals surface area contributed by atoms with Gasteiger partial charge in [-0.25, -0.2) is 4.79 Å². The van der Waals surface area contributed by atoms with Crippen molar-refractivity contribution in [2.24, 2.45) is 0 Å². The SMILES string of the molecule is O=C(NC1CC2CCCc3cccc1c32)NC1CCCCC1O. The molecule has 23 heavy (non-hydrogen) atoms. The Morgan fingerprint density at radius 3 is 2.83 bits per heavy atom. The number of carbonyl (C=O) groups is 1. The first-order valence-corrected chi connectivity index (χ1v) is 9.09. The van der Waals surface area contributed by atoms with Crippen molar-refractivity contribution in [3.05, 3.63) is 34.9 Å². The van der Waals surface area contributed by atoms with Gasteiger partial charge in [-0.15, -0.1) is 0 Å². The molecule has 0 bridgehead atoms. The molecule has 0 aromatic heterocycles. The molecule has 0 heterocycles. The average molecular weight is 314 g/mol. The van der Waals surface area contributed by atoms with Crippen LogP contribution in [0.3, 0.4) is 0 Å². The monoisotopic (exact) mass is 314 g/mol. The quantitative estimate of drug-likeness (QED) is 0.785. The molecule has 4 unspecified atom stereocenters. The first-order chi connectivity index (χ1) is 11.2.